The van der Waals surface area contributed by atoms with Crippen molar-refractivity contribution >= 4 is 11.9 Å². The van der Waals surface area contributed by atoms with Gasteiger partial charge in [0.2, 0.25) is 0 Å². The van der Waals surface area contributed by atoms with Gasteiger partial charge in [-0.1, -0.05) is 72.8 Å². The maximum atomic E-state index is 3.48. The van der Waals surface area contributed by atoms with Crippen LogP contribution in [0.3, 0.4) is 0 Å². The first kappa shape index (κ1) is 18.3. The molecule has 0 unspecified atom stereocenters. The maximum Gasteiger partial charge on any atom is 0.00836 e. The summed E-state index contributed by atoms with van der Waals surface area (Å²) in [5.41, 5.74) is 0.989. The van der Waals surface area contributed by atoms with Gasteiger partial charge in [-0.25, -0.2) is 0 Å². The molecule has 0 rings (SSSR count). The molecule has 110 valence electrons. The molecule has 0 aliphatic heterocycles. The summed E-state index contributed by atoms with van der Waals surface area (Å²) in [6.07, 6.45) is 8.14. The number of nitrogens with one attached hydrogen (secondary N) is 1. The van der Waals surface area contributed by atoms with E-state index in [0.717, 1.165) is 0 Å². The molecule has 0 aromatic carbocycles. The highest BCUT2D eigenvalue weighted by Crippen LogP contribution is 2.22. The highest BCUT2D eigenvalue weighted by atomic mass is 32.2. The quantitative estimate of drug-likeness (QED) is 0.430. The van der Waals surface area contributed by atoms with Crippen LogP contribution in [0.15, 0.2) is 0 Å². The van der Waals surface area contributed by atoms with Crippen LogP contribution in [0, 0.1) is 10.8 Å². The molecule has 0 spiro atoms. The predicted octanol–water partition coefficient (Wildman–Crippen LogP) is 5.66. The molecule has 0 atom stereocenters. The second-order valence-corrected chi connectivity index (χ2v) is 8.76. The Kier molecular flexibility index (Phi) is 9.41. The van der Waals surface area contributed by atoms with Crippen molar-refractivity contribution in [3.05, 3.63) is 0 Å². The van der Waals surface area contributed by atoms with Crippen LogP contribution in [0.1, 0.15) is 80.1 Å². The fourth-order valence-electron chi connectivity index (χ4n) is 1.71. The largest absolute Gasteiger partial charge is 0.264 e. The number of hydrogen-bond donors (Lipinski definition) is 1. The van der Waals surface area contributed by atoms with E-state index in [-0.39, 0.29) is 0 Å². The Morgan fingerprint density at radius 1 is 0.722 bits per heavy atom. The monoisotopic (exact) mass is 273 g/mol. The molecule has 2 heteroatoms. The van der Waals surface area contributed by atoms with Gasteiger partial charge in [-0.3, -0.25) is 4.72 Å². The normalized spacial score (nSPS) is 13.0. The van der Waals surface area contributed by atoms with Crippen molar-refractivity contribution in [1.82, 2.24) is 4.72 Å². The van der Waals surface area contributed by atoms with Gasteiger partial charge < -0.3 is 0 Å². The van der Waals surface area contributed by atoms with Gasteiger partial charge in [0.25, 0.3) is 0 Å². The van der Waals surface area contributed by atoms with Crippen LogP contribution in [-0.4, -0.2) is 12.3 Å². The number of rotatable bonds is 9. The van der Waals surface area contributed by atoms with E-state index < -0.39 is 0 Å². The van der Waals surface area contributed by atoms with Gasteiger partial charge in [-0.2, -0.15) is 0 Å². The number of unbranched alkanes of at least 4 members (excludes halogenated alkanes) is 3. The molecule has 0 amide bonds. The molecular formula is C16H35NS. The van der Waals surface area contributed by atoms with Crippen molar-refractivity contribution in [3.8, 4) is 0 Å². The lowest BCUT2D eigenvalue weighted by Crippen LogP contribution is -2.11. The zero-order chi connectivity index (χ0) is 14.1. The Labute approximate surface area is 120 Å². The SMILES string of the molecule is CC(C)(C)CCCCCCNSCCC(C)(C)C. The van der Waals surface area contributed by atoms with Crippen molar-refractivity contribution in [1.29, 1.82) is 0 Å². The molecule has 18 heavy (non-hydrogen) atoms. The topological polar surface area (TPSA) is 12.0 Å². The molecule has 0 aliphatic rings. The summed E-state index contributed by atoms with van der Waals surface area (Å²) in [4.78, 5) is 0. The summed E-state index contributed by atoms with van der Waals surface area (Å²) >= 11 is 1.90. The highest BCUT2D eigenvalue weighted by molar-refractivity contribution is 7.97. The van der Waals surface area contributed by atoms with E-state index in [2.05, 4.69) is 46.3 Å². The Morgan fingerprint density at radius 2 is 1.28 bits per heavy atom. The van der Waals surface area contributed by atoms with E-state index in [0.29, 0.717) is 10.8 Å². The van der Waals surface area contributed by atoms with E-state index in [1.54, 1.807) is 0 Å². The lowest BCUT2D eigenvalue weighted by molar-refractivity contribution is 0.357. The first-order valence-electron chi connectivity index (χ1n) is 7.55. The molecule has 0 aromatic rings. The van der Waals surface area contributed by atoms with Gasteiger partial charge in [-0.05, 0) is 30.1 Å². The fraction of sp³-hybridized carbons (Fsp3) is 1.00. The summed E-state index contributed by atoms with van der Waals surface area (Å²) in [7, 11) is 0. The van der Waals surface area contributed by atoms with Crippen molar-refractivity contribution in [2.45, 2.75) is 80.1 Å². The molecule has 0 bridgehead atoms. The van der Waals surface area contributed by atoms with Crippen molar-refractivity contribution in [2.24, 2.45) is 10.8 Å². The summed E-state index contributed by atoms with van der Waals surface area (Å²) < 4.78 is 3.48. The standard InChI is InChI=1S/C16H35NS/c1-15(2,3)11-9-7-8-10-13-17-18-14-12-16(4,5)6/h17H,7-14H2,1-6H3. The first-order chi connectivity index (χ1) is 8.21. The third-order valence-corrected chi connectivity index (χ3v) is 3.83. The summed E-state index contributed by atoms with van der Waals surface area (Å²) in [5.74, 6) is 1.23. The third-order valence-electron chi connectivity index (χ3n) is 3.01. The second kappa shape index (κ2) is 9.25. The van der Waals surface area contributed by atoms with E-state index in [1.807, 2.05) is 11.9 Å². The fourth-order valence-corrected chi connectivity index (χ4v) is 2.86. The molecule has 0 saturated carbocycles. The summed E-state index contributed by atoms with van der Waals surface area (Å²) in [6, 6.07) is 0. The van der Waals surface area contributed by atoms with Gasteiger partial charge in [0, 0.05) is 12.3 Å². The Hall–Kier alpha value is 0.310. The van der Waals surface area contributed by atoms with Gasteiger partial charge in [0.1, 0.15) is 0 Å². The first-order valence-corrected chi connectivity index (χ1v) is 8.54. The minimum Gasteiger partial charge on any atom is -0.264 e. The zero-order valence-electron chi connectivity index (χ0n) is 13.6. The molecule has 1 N–H and O–H groups in total. The Balaban J connectivity index is 3.13. The molecule has 0 radical (unpaired) electrons. The summed E-state index contributed by atoms with van der Waals surface area (Å²) in [5, 5.41) is 0. The number of hydrogen-bond acceptors (Lipinski definition) is 2. The van der Waals surface area contributed by atoms with Crippen LogP contribution in [0.25, 0.3) is 0 Å². The third kappa shape index (κ3) is 16.3. The molecule has 0 fully saturated rings. The van der Waals surface area contributed by atoms with Crippen molar-refractivity contribution in [3.63, 3.8) is 0 Å². The van der Waals surface area contributed by atoms with Crippen LogP contribution in [0.2, 0.25) is 0 Å². The van der Waals surface area contributed by atoms with Crippen molar-refractivity contribution < 1.29 is 0 Å². The lowest BCUT2D eigenvalue weighted by Gasteiger charge is -2.17. The molecule has 0 heterocycles. The molecule has 0 aliphatic carbocycles. The minimum absolute atomic E-state index is 0.474. The van der Waals surface area contributed by atoms with Crippen LogP contribution in [-0.2, 0) is 0 Å². The predicted molar refractivity (Wildman–Crippen MR) is 87.1 cm³/mol. The second-order valence-electron chi connectivity index (χ2n) is 7.78. The van der Waals surface area contributed by atoms with Crippen molar-refractivity contribution in [2.75, 3.05) is 12.3 Å². The molecule has 0 saturated heterocycles. The van der Waals surface area contributed by atoms with Gasteiger partial charge in [-0.15, -0.1) is 0 Å². The van der Waals surface area contributed by atoms with Crippen LogP contribution in [0.5, 0.6) is 0 Å². The van der Waals surface area contributed by atoms with Gasteiger partial charge in [0.05, 0.1) is 0 Å². The van der Waals surface area contributed by atoms with E-state index in [4.69, 9.17) is 0 Å². The van der Waals surface area contributed by atoms with E-state index in [9.17, 15) is 0 Å². The van der Waals surface area contributed by atoms with Crippen LogP contribution < -0.4 is 4.72 Å². The maximum absolute atomic E-state index is 3.48. The van der Waals surface area contributed by atoms with E-state index in [1.165, 1.54) is 50.8 Å². The van der Waals surface area contributed by atoms with E-state index >= 15 is 0 Å². The van der Waals surface area contributed by atoms with Crippen LogP contribution >= 0.6 is 11.9 Å². The highest BCUT2D eigenvalue weighted by Gasteiger charge is 2.09. The molecule has 0 aromatic heterocycles. The minimum atomic E-state index is 0.474. The average Bonchev–Trinajstić information content (AvgIpc) is 2.17. The molecular weight excluding hydrogens is 238 g/mol. The summed E-state index contributed by atoms with van der Waals surface area (Å²) in [6.45, 7) is 15.1. The molecule has 1 nitrogen and oxygen atoms in total. The lowest BCUT2D eigenvalue weighted by atomic mass is 9.89. The van der Waals surface area contributed by atoms with Gasteiger partial charge >= 0.3 is 0 Å². The average molecular weight is 274 g/mol. The zero-order valence-corrected chi connectivity index (χ0v) is 14.4. The Bertz CT molecular complexity index is 166. The van der Waals surface area contributed by atoms with Gasteiger partial charge in [0.15, 0.2) is 0 Å². The smallest absolute Gasteiger partial charge is 0.00836 e. The van der Waals surface area contributed by atoms with Crippen LogP contribution in [0.4, 0.5) is 0 Å². The Morgan fingerprint density at radius 3 is 1.83 bits per heavy atom.